The summed E-state index contributed by atoms with van der Waals surface area (Å²) in [7, 11) is 0. The van der Waals surface area contributed by atoms with Crippen LogP contribution < -0.4 is 16.9 Å². The Balaban J connectivity index is 1.51. The molecule has 0 saturated carbocycles. The third-order valence-electron chi connectivity index (χ3n) is 6.76. The molecule has 1 atom stereocenters. The molecular weight excluding hydrogens is 498 g/mol. The molecule has 2 amide bonds. The fourth-order valence-electron chi connectivity index (χ4n) is 4.73. The average Bonchev–Trinajstić information content (AvgIpc) is 3.35. The minimum absolute atomic E-state index is 0.0268. The number of carbonyl (C=O) groups excluding carboxylic acids is 2. The normalized spacial score (nSPS) is 16.1. The molecule has 1 aliphatic rings. The Kier molecular flexibility index (Phi) is 10.1. The lowest BCUT2D eigenvalue weighted by molar-refractivity contribution is -0.134. The number of hydrazone groups is 1. The molecule has 1 unspecified atom stereocenters. The molecule has 3 rings (SSSR count). The lowest BCUT2D eigenvalue weighted by Gasteiger charge is -2.41. The Bertz CT molecular complexity index is 1050. The number of amides is 2. The molecule has 0 aliphatic carbocycles. The van der Waals surface area contributed by atoms with Gasteiger partial charge in [-0.15, -0.1) is 0 Å². The molecule has 36 heavy (non-hydrogen) atoms. The fraction of sp³-hybridized carbons (Fsp3) is 0.520. The number of pyridine rings is 1. The average molecular weight is 534 g/mol. The third-order valence-corrected chi connectivity index (χ3v) is 7.68. The maximum atomic E-state index is 13.0. The molecule has 2 aromatic heterocycles. The first kappa shape index (κ1) is 27.9. The van der Waals surface area contributed by atoms with E-state index in [9.17, 15) is 9.59 Å². The number of hydrogen-bond donors (Lipinski definition) is 3. The van der Waals surface area contributed by atoms with Crippen LogP contribution in [0.4, 0.5) is 0 Å². The molecule has 0 spiro atoms. The molecular formula is C25H36ClN7O2S. The predicted molar refractivity (Wildman–Crippen MR) is 145 cm³/mol. The van der Waals surface area contributed by atoms with Gasteiger partial charge in [-0.1, -0.05) is 11.6 Å². The summed E-state index contributed by atoms with van der Waals surface area (Å²) in [5, 5.41) is 11.0. The van der Waals surface area contributed by atoms with Crippen LogP contribution >= 0.6 is 22.9 Å². The number of nitrogens with two attached hydrogens (primary N) is 2. The van der Waals surface area contributed by atoms with Crippen LogP contribution in [0.1, 0.15) is 59.8 Å². The summed E-state index contributed by atoms with van der Waals surface area (Å²) in [5.74, 6) is 5.22. The summed E-state index contributed by atoms with van der Waals surface area (Å²) < 4.78 is 0. The van der Waals surface area contributed by atoms with E-state index < -0.39 is 0 Å². The van der Waals surface area contributed by atoms with E-state index in [1.54, 1.807) is 24.3 Å². The quantitative estimate of drug-likeness (QED) is 0.141. The maximum absolute atomic E-state index is 13.0. The number of carbonyl (C=O) groups is 2. The van der Waals surface area contributed by atoms with E-state index in [1.165, 1.54) is 0 Å². The van der Waals surface area contributed by atoms with Gasteiger partial charge in [0.05, 0.1) is 17.7 Å². The fourth-order valence-corrected chi connectivity index (χ4v) is 5.68. The number of rotatable bonds is 10. The van der Waals surface area contributed by atoms with E-state index in [0.29, 0.717) is 35.5 Å². The van der Waals surface area contributed by atoms with E-state index in [2.05, 4.69) is 32.6 Å². The number of thiophene rings is 1. The second-order valence-electron chi connectivity index (χ2n) is 9.33. The first-order chi connectivity index (χ1) is 17.2. The number of piperidine rings is 1. The Morgan fingerprint density at radius 2 is 2.08 bits per heavy atom. The highest BCUT2D eigenvalue weighted by molar-refractivity contribution is 7.07. The number of amidine groups is 1. The van der Waals surface area contributed by atoms with Gasteiger partial charge in [0.25, 0.3) is 5.91 Å². The minimum atomic E-state index is -0.122. The second-order valence-corrected chi connectivity index (χ2v) is 10.5. The number of aromatic nitrogens is 1. The number of aryl methyl sites for hydroxylation is 2. The molecule has 5 N–H and O–H groups in total. The topological polar surface area (TPSA) is 130 Å². The Morgan fingerprint density at radius 1 is 1.36 bits per heavy atom. The minimum Gasteiger partial charge on any atom is -0.385 e. The van der Waals surface area contributed by atoms with Crippen molar-refractivity contribution in [1.82, 2.24) is 20.1 Å². The zero-order chi connectivity index (χ0) is 26.2. The molecule has 1 aliphatic heterocycles. The van der Waals surface area contributed by atoms with Crippen molar-refractivity contribution in [2.45, 2.75) is 65.1 Å². The number of nitrogens with one attached hydrogen (secondary N) is 1. The van der Waals surface area contributed by atoms with Crippen LogP contribution in [0, 0.1) is 13.8 Å². The van der Waals surface area contributed by atoms with Gasteiger partial charge in [0.1, 0.15) is 11.0 Å². The summed E-state index contributed by atoms with van der Waals surface area (Å²) in [4.78, 5) is 34.2. The van der Waals surface area contributed by atoms with Crippen LogP contribution in [0.25, 0.3) is 0 Å². The molecule has 11 heteroatoms. The highest BCUT2D eigenvalue weighted by Gasteiger charge is 2.30. The van der Waals surface area contributed by atoms with Gasteiger partial charge in [0.2, 0.25) is 5.91 Å². The van der Waals surface area contributed by atoms with Crippen LogP contribution in [-0.4, -0.2) is 64.2 Å². The zero-order valence-corrected chi connectivity index (χ0v) is 22.7. The smallest absolute Gasteiger partial charge is 0.253 e. The lowest BCUT2D eigenvalue weighted by Crippen LogP contribution is -2.50. The molecule has 0 radical (unpaired) electrons. The van der Waals surface area contributed by atoms with Crippen LogP contribution in [0.15, 0.2) is 28.0 Å². The van der Waals surface area contributed by atoms with E-state index in [4.69, 9.17) is 23.2 Å². The SMILES string of the molecule is Cc1cc(Cl)nc(C)c1C(=O)NCCC(C)N1CCC(N(Cc2ccsc2)C(=O)C/C(N)=N/N)CC1. The molecule has 3 heterocycles. The molecule has 0 bridgehead atoms. The summed E-state index contributed by atoms with van der Waals surface area (Å²) >= 11 is 7.60. The summed E-state index contributed by atoms with van der Waals surface area (Å²) in [6.07, 6.45) is 2.61. The summed E-state index contributed by atoms with van der Waals surface area (Å²) in [5.41, 5.74) is 8.89. The van der Waals surface area contributed by atoms with Crippen molar-refractivity contribution in [3.8, 4) is 0 Å². The van der Waals surface area contributed by atoms with Gasteiger partial charge >= 0.3 is 0 Å². The molecule has 1 saturated heterocycles. The molecule has 1 fully saturated rings. The maximum Gasteiger partial charge on any atom is 0.253 e. The van der Waals surface area contributed by atoms with Gasteiger partial charge in [-0.25, -0.2) is 4.98 Å². The highest BCUT2D eigenvalue weighted by Crippen LogP contribution is 2.23. The van der Waals surface area contributed by atoms with Crippen molar-refractivity contribution in [3.05, 3.63) is 50.4 Å². The Hall–Kier alpha value is -2.69. The molecule has 196 valence electrons. The lowest BCUT2D eigenvalue weighted by atomic mass is 9.99. The third kappa shape index (κ3) is 7.41. The predicted octanol–water partition coefficient (Wildman–Crippen LogP) is 3.04. The van der Waals surface area contributed by atoms with E-state index in [-0.39, 0.29) is 30.1 Å². The van der Waals surface area contributed by atoms with Crippen LogP contribution in [0.3, 0.4) is 0 Å². The first-order valence-corrected chi connectivity index (χ1v) is 13.5. The molecule has 9 nitrogen and oxygen atoms in total. The van der Waals surface area contributed by atoms with Crippen molar-refractivity contribution in [3.63, 3.8) is 0 Å². The van der Waals surface area contributed by atoms with Crippen molar-refractivity contribution >= 4 is 40.6 Å². The standard InChI is InChI=1S/C25H36ClN7O2S/c1-16-12-21(26)30-18(3)24(16)25(35)29-8-4-17(2)32-9-5-20(6-10-32)33(14-19-7-11-36-15-19)23(34)13-22(27)31-28/h7,11-12,15,17,20H,4-6,8-10,13-14,28H2,1-3H3,(H2,27,31)(H,29,35). The van der Waals surface area contributed by atoms with E-state index in [1.807, 2.05) is 23.3 Å². The number of likely N-dealkylation sites (tertiary alicyclic amines) is 1. The number of hydrogen-bond acceptors (Lipinski definition) is 7. The second kappa shape index (κ2) is 13.0. The van der Waals surface area contributed by atoms with Gasteiger partial charge in [-0.2, -0.15) is 16.4 Å². The zero-order valence-electron chi connectivity index (χ0n) is 21.2. The van der Waals surface area contributed by atoms with Crippen molar-refractivity contribution in [2.75, 3.05) is 19.6 Å². The van der Waals surface area contributed by atoms with Gasteiger partial charge < -0.3 is 26.7 Å². The van der Waals surface area contributed by atoms with Gasteiger partial charge in [-0.3, -0.25) is 9.59 Å². The van der Waals surface area contributed by atoms with Crippen LogP contribution in [0.2, 0.25) is 5.15 Å². The van der Waals surface area contributed by atoms with Gasteiger partial charge in [-0.05, 0) is 74.1 Å². The summed E-state index contributed by atoms with van der Waals surface area (Å²) in [6, 6.07) is 4.19. The Labute approximate surface area is 221 Å². The Morgan fingerprint density at radius 3 is 2.69 bits per heavy atom. The number of halogens is 1. The van der Waals surface area contributed by atoms with Crippen LogP contribution in [0.5, 0.6) is 0 Å². The van der Waals surface area contributed by atoms with E-state index in [0.717, 1.165) is 43.5 Å². The monoisotopic (exact) mass is 533 g/mol. The molecule has 0 aromatic carbocycles. The molecule has 2 aromatic rings. The van der Waals surface area contributed by atoms with Crippen molar-refractivity contribution in [1.29, 1.82) is 0 Å². The first-order valence-electron chi connectivity index (χ1n) is 12.2. The van der Waals surface area contributed by atoms with Gasteiger partial charge in [0, 0.05) is 38.3 Å². The van der Waals surface area contributed by atoms with Gasteiger partial charge in [0.15, 0.2) is 0 Å². The number of nitrogens with zero attached hydrogens (tertiary/aromatic N) is 4. The summed E-state index contributed by atoms with van der Waals surface area (Å²) in [6.45, 7) is 8.74. The largest absolute Gasteiger partial charge is 0.385 e. The highest BCUT2D eigenvalue weighted by atomic mass is 35.5. The van der Waals surface area contributed by atoms with Crippen molar-refractivity contribution in [2.24, 2.45) is 16.7 Å². The van der Waals surface area contributed by atoms with Crippen molar-refractivity contribution < 1.29 is 9.59 Å². The van der Waals surface area contributed by atoms with Crippen LogP contribution in [-0.2, 0) is 11.3 Å². The van der Waals surface area contributed by atoms with E-state index >= 15 is 0 Å².